The number of aromatic nitrogens is 4. The number of nitrogen functional groups attached to an aromatic ring is 2. The van der Waals surface area contributed by atoms with Crippen LogP contribution >= 0.6 is 0 Å². The minimum atomic E-state index is 0.214. The average molecular weight is 528 g/mol. The molecular formula is C30H53N7O. The van der Waals surface area contributed by atoms with Crippen molar-refractivity contribution in [1.82, 2.24) is 19.9 Å². The molecule has 0 aliphatic carbocycles. The van der Waals surface area contributed by atoms with Crippen LogP contribution in [0, 0.1) is 19.3 Å². The van der Waals surface area contributed by atoms with Gasteiger partial charge in [-0.1, -0.05) is 52.8 Å². The van der Waals surface area contributed by atoms with Crippen molar-refractivity contribution in [1.29, 1.82) is 5.41 Å². The van der Waals surface area contributed by atoms with Gasteiger partial charge in [0.15, 0.2) is 5.82 Å². The molecule has 0 saturated heterocycles. The van der Waals surface area contributed by atoms with Crippen molar-refractivity contribution in [2.24, 2.45) is 0 Å². The number of hydrogen-bond acceptors (Lipinski definition) is 6. The Morgan fingerprint density at radius 1 is 1.08 bits per heavy atom. The second kappa shape index (κ2) is 25.0. The SMILES string of the molecule is C/C=C\CC.C=CC.CC.CC.CCOC.Cc1nc(C(=N)c2cc(-c3c[nH]c(N)c3)cnc2N)[nH]c1C. The zero-order valence-electron chi connectivity index (χ0n) is 25.6. The highest BCUT2D eigenvalue weighted by Crippen LogP contribution is 2.24. The summed E-state index contributed by atoms with van der Waals surface area (Å²) in [6.07, 6.45) is 10.5. The third-order valence-corrected chi connectivity index (χ3v) is 4.35. The number of nitrogens with zero attached hydrogens (tertiary/aromatic N) is 2. The van der Waals surface area contributed by atoms with E-state index in [0.29, 0.717) is 23.0 Å². The van der Waals surface area contributed by atoms with Crippen LogP contribution in [0.5, 0.6) is 0 Å². The Balaban J connectivity index is -0.000000638. The van der Waals surface area contributed by atoms with Gasteiger partial charge in [0.25, 0.3) is 0 Å². The summed E-state index contributed by atoms with van der Waals surface area (Å²) < 4.78 is 4.54. The van der Waals surface area contributed by atoms with Crippen molar-refractivity contribution in [3.05, 3.63) is 72.1 Å². The van der Waals surface area contributed by atoms with Crippen molar-refractivity contribution in [3.63, 3.8) is 0 Å². The summed E-state index contributed by atoms with van der Waals surface area (Å²) in [5.74, 6) is 1.35. The topological polar surface area (TPSA) is 142 Å². The number of ether oxygens (including phenoxy) is 1. The van der Waals surface area contributed by atoms with Crippen LogP contribution in [0.1, 0.15) is 84.6 Å². The predicted molar refractivity (Wildman–Crippen MR) is 168 cm³/mol. The van der Waals surface area contributed by atoms with E-state index in [2.05, 4.69) is 50.3 Å². The Morgan fingerprint density at radius 3 is 1.97 bits per heavy atom. The van der Waals surface area contributed by atoms with Crippen molar-refractivity contribution in [2.75, 3.05) is 25.2 Å². The second-order valence-corrected chi connectivity index (χ2v) is 7.13. The molecule has 8 heteroatoms. The molecule has 0 unspecified atom stereocenters. The molecule has 0 amide bonds. The van der Waals surface area contributed by atoms with Gasteiger partial charge in [-0.3, -0.25) is 5.41 Å². The van der Waals surface area contributed by atoms with Crippen molar-refractivity contribution in [2.45, 2.75) is 75.7 Å². The molecular weight excluding hydrogens is 474 g/mol. The molecule has 214 valence electrons. The summed E-state index contributed by atoms with van der Waals surface area (Å²) in [5, 5.41) is 8.34. The molecule has 0 aliphatic heterocycles. The van der Waals surface area contributed by atoms with E-state index in [9.17, 15) is 0 Å². The normalized spacial score (nSPS) is 9.03. The predicted octanol–water partition coefficient (Wildman–Crippen LogP) is 7.87. The maximum absolute atomic E-state index is 8.34. The van der Waals surface area contributed by atoms with Crippen LogP contribution in [0.2, 0.25) is 0 Å². The largest absolute Gasteiger partial charge is 0.385 e. The van der Waals surface area contributed by atoms with Gasteiger partial charge in [-0.05, 0) is 53.2 Å². The van der Waals surface area contributed by atoms with E-state index in [1.807, 2.05) is 74.4 Å². The first kappa shape index (κ1) is 38.9. The highest BCUT2D eigenvalue weighted by molar-refractivity contribution is 6.11. The van der Waals surface area contributed by atoms with E-state index in [1.54, 1.807) is 25.6 Å². The number of nitrogens with one attached hydrogen (secondary N) is 3. The minimum Gasteiger partial charge on any atom is -0.385 e. The Bertz CT molecular complexity index is 1010. The Kier molecular flexibility index (Phi) is 25.6. The maximum Gasteiger partial charge on any atom is 0.156 e. The van der Waals surface area contributed by atoms with Crippen molar-refractivity contribution >= 4 is 17.3 Å². The molecule has 38 heavy (non-hydrogen) atoms. The first-order chi connectivity index (χ1) is 18.2. The lowest BCUT2D eigenvalue weighted by molar-refractivity contribution is 0.215. The number of rotatable bonds is 5. The number of anilines is 2. The van der Waals surface area contributed by atoms with Crippen LogP contribution < -0.4 is 11.5 Å². The zero-order chi connectivity index (χ0) is 30.1. The Labute approximate surface area is 231 Å². The summed E-state index contributed by atoms with van der Waals surface area (Å²) in [5.41, 5.74) is 15.9. The van der Waals surface area contributed by atoms with Crippen LogP contribution in [0.15, 0.2) is 49.3 Å². The summed E-state index contributed by atoms with van der Waals surface area (Å²) in [6.45, 7) is 24.0. The van der Waals surface area contributed by atoms with Gasteiger partial charge in [-0.15, -0.1) is 6.58 Å². The lowest BCUT2D eigenvalue weighted by Gasteiger charge is -2.07. The summed E-state index contributed by atoms with van der Waals surface area (Å²) in [6, 6.07) is 3.63. The molecule has 0 aromatic carbocycles. The molecule has 0 atom stereocenters. The quantitative estimate of drug-likeness (QED) is 0.169. The molecule has 0 bridgehead atoms. The van der Waals surface area contributed by atoms with Crippen LogP contribution in [-0.4, -0.2) is 39.4 Å². The standard InChI is InChI=1S/C15H17N7.C5H10.C3H8O.C3H6.2C2H6/c1-7-8(2)22-15(21-7)13(17)11-3-9(6-20-14(11)18)10-4-12(16)19-5-10;1-3-5-4-2;1-3-4-2;1-3-2;2*1-2/h3-6,17,19H,16H2,1-2H3,(H2,18,20)(H,21,22);3,5H,4H2,1-2H3;3H2,1-2H3;3H,1H2,2H3;2*1-2H3/b;5-3-;;;;. The van der Waals surface area contributed by atoms with Gasteiger partial charge in [0.1, 0.15) is 17.3 Å². The fraction of sp³-hybridized carbons (Fsp3) is 0.433. The molecule has 0 aliphatic rings. The zero-order valence-corrected chi connectivity index (χ0v) is 25.6. The Morgan fingerprint density at radius 2 is 1.63 bits per heavy atom. The van der Waals surface area contributed by atoms with E-state index in [1.165, 1.54) is 0 Å². The van der Waals surface area contributed by atoms with Crippen LogP contribution in [0.25, 0.3) is 11.1 Å². The van der Waals surface area contributed by atoms with Gasteiger partial charge in [0.2, 0.25) is 0 Å². The molecule has 0 fully saturated rings. The first-order valence-corrected chi connectivity index (χ1v) is 13.2. The van der Waals surface area contributed by atoms with Crippen LogP contribution in [0.3, 0.4) is 0 Å². The second-order valence-electron chi connectivity index (χ2n) is 7.13. The fourth-order valence-corrected chi connectivity index (χ4v) is 2.44. The highest BCUT2D eigenvalue weighted by Gasteiger charge is 2.15. The molecule has 7 N–H and O–H groups in total. The summed E-state index contributed by atoms with van der Waals surface area (Å²) in [4.78, 5) is 14.5. The maximum atomic E-state index is 8.34. The molecule has 0 spiro atoms. The van der Waals surface area contributed by atoms with E-state index in [-0.39, 0.29) is 5.71 Å². The van der Waals surface area contributed by atoms with Crippen molar-refractivity contribution in [3.8, 4) is 11.1 Å². The number of imidazole rings is 1. The van der Waals surface area contributed by atoms with Gasteiger partial charge in [0, 0.05) is 48.5 Å². The monoisotopic (exact) mass is 527 g/mol. The molecule has 0 saturated carbocycles. The van der Waals surface area contributed by atoms with E-state index >= 15 is 0 Å². The molecule has 8 nitrogen and oxygen atoms in total. The van der Waals surface area contributed by atoms with Gasteiger partial charge in [0.05, 0.1) is 5.69 Å². The van der Waals surface area contributed by atoms with Gasteiger partial charge in [-0.25, -0.2) is 9.97 Å². The fourth-order valence-electron chi connectivity index (χ4n) is 2.44. The highest BCUT2D eigenvalue weighted by atomic mass is 16.5. The third-order valence-electron chi connectivity index (χ3n) is 4.35. The lowest BCUT2D eigenvalue weighted by atomic mass is 10.1. The van der Waals surface area contributed by atoms with Crippen molar-refractivity contribution < 1.29 is 4.74 Å². The number of aromatic amines is 2. The first-order valence-electron chi connectivity index (χ1n) is 13.2. The molecule has 3 aromatic rings. The number of aryl methyl sites for hydroxylation is 2. The number of methoxy groups -OCH3 is 1. The number of allylic oxidation sites excluding steroid dienone is 3. The number of pyridine rings is 1. The number of nitrogens with two attached hydrogens (primary N) is 2. The van der Waals surface area contributed by atoms with Gasteiger partial charge < -0.3 is 26.2 Å². The van der Waals surface area contributed by atoms with Crippen LogP contribution in [-0.2, 0) is 4.74 Å². The lowest BCUT2D eigenvalue weighted by Crippen LogP contribution is -2.09. The smallest absolute Gasteiger partial charge is 0.156 e. The molecule has 0 radical (unpaired) electrons. The minimum absolute atomic E-state index is 0.214. The van der Waals surface area contributed by atoms with Gasteiger partial charge in [-0.2, -0.15) is 0 Å². The molecule has 3 heterocycles. The summed E-state index contributed by atoms with van der Waals surface area (Å²) >= 11 is 0. The number of H-pyrrole nitrogens is 2. The van der Waals surface area contributed by atoms with E-state index in [0.717, 1.165) is 35.5 Å². The average Bonchev–Trinajstić information content (AvgIpc) is 3.52. The summed E-state index contributed by atoms with van der Waals surface area (Å²) in [7, 11) is 1.68. The van der Waals surface area contributed by atoms with E-state index < -0.39 is 0 Å². The van der Waals surface area contributed by atoms with Gasteiger partial charge >= 0.3 is 0 Å². The third kappa shape index (κ3) is 15.5. The van der Waals surface area contributed by atoms with E-state index in [4.69, 9.17) is 16.9 Å². The Hall–Kier alpha value is -3.65. The molecule has 3 aromatic heterocycles. The molecule has 3 rings (SSSR count). The number of hydrogen-bond donors (Lipinski definition) is 5. The van der Waals surface area contributed by atoms with Crippen LogP contribution in [0.4, 0.5) is 11.6 Å².